The van der Waals surface area contributed by atoms with Gasteiger partial charge in [0.05, 0.1) is 12.2 Å². The van der Waals surface area contributed by atoms with E-state index in [9.17, 15) is 9.90 Å². The average molecular weight is 217 g/mol. The molecule has 0 aliphatic carbocycles. The Bertz CT molecular complexity index is 173. The van der Waals surface area contributed by atoms with Gasteiger partial charge in [0.25, 0.3) is 0 Å². The molecule has 0 spiro atoms. The molecule has 0 aromatic carbocycles. The van der Waals surface area contributed by atoms with Gasteiger partial charge in [-0.25, -0.2) is 0 Å². The van der Waals surface area contributed by atoms with E-state index in [-0.39, 0.29) is 24.7 Å². The number of aliphatic hydroxyl groups excluding tert-OH is 1. The maximum atomic E-state index is 11.2. The van der Waals surface area contributed by atoms with Crippen molar-refractivity contribution in [2.24, 2.45) is 0 Å². The molecule has 90 valence electrons. The van der Waals surface area contributed by atoms with Crippen LogP contribution in [0.2, 0.25) is 0 Å². The maximum Gasteiger partial charge on any atom is 0.246 e. The van der Waals surface area contributed by atoms with Gasteiger partial charge >= 0.3 is 0 Å². The highest BCUT2D eigenvalue weighted by Crippen LogP contribution is 1.96. The van der Waals surface area contributed by atoms with Gasteiger partial charge < -0.3 is 15.2 Å². The molecule has 0 radical (unpaired) electrons. The number of aliphatic hydroxyl groups is 1. The summed E-state index contributed by atoms with van der Waals surface area (Å²) in [6.07, 6.45) is 2.03. The minimum Gasteiger partial charge on any atom is -0.393 e. The first kappa shape index (κ1) is 14.4. The summed E-state index contributed by atoms with van der Waals surface area (Å²) in [7, 11) is 0. The van der Waals surface area contributed by atoms with Crippen LogP contribution >= 0.6 is 0 Å². The van der Waals surface area contributed by atoms with Crippen LogP contribution in [0.25, 0.3) is 0 Å². The van der Waals surface area contributed by atoms with Gasteiger partial charge in [-0.15, -0.1) is 0 Å². The van der Waals surface area contributed by atoms with Gasteiger partial charge in [0.2, 0.25) is 5.91 Å². The van der Waals surface area contributed by atoms with E-state index in [1.807, 2.05) is 20.8 Å². The van der Waals surface area contributed by atoms with Crippen LogP contribution in [0, 0.1) is 0 Å². The number of carbonyl (C=O) groups is 1. The predicted octanol–water partition coefficient (Wildman–Crippen LogP) is 1.08. The van der Waals surface area contributed by atoms with E-state index in [1.54, 1.807) is 0 Å². The lowest BCUT2D eigenvalue weighted by atomic mass is 10.2. The average Bonchev–Trinajstić information content (AvgIpc) is 2.25. The van der Waals surface area contributed by atoms with Gasteiger partial charge in [-0.05, 0) is 26.2 Å². The standard InChI is InChI=1S/C11H23NO3/c1-4-9(3)15-8-11(14)12-7-6-10(13)5-2/h9-10,13H,4-8H2,1-3H3,(H,12,14). The summed E-state index contributed by atoms with van der Waals surface area (Å²) in [5, 5.41) is 11.9. The Morgan fingerprint density at radius 2 is 2.07 bits per heavy atom. The lowest BCUT2D eigenvalue weighted by molar-refractivity contribution is -0.127. The summed E-state index contributed by atoms with van der Waals surface area (Å²) in [6, 6.07) is 0. The molecule has 0 aliphatic heterocycles. The fraction of sp³-hybridized carbons (Fsp3) is 0.909. The number of rotatable bonds is 8. The maximum absolute atomic E-state index is 11.2. The fourth-order valence-electron chi connectivity index (χ4n) is 0.969. The molecule has 0 saturated heterocycles. The van der Waals surface area contributed by atoms with E-state index >= 15 is 0 Å². The fourth-order valence-corrected chi connectivity index (χ4v) is 0.969. The van der Waals surface area contributed by atoms with E-state index in [4.69, 9.17) is 4.74 Å². The Balaban J connectivity index is 3.41. The highest BCUT2D eigenvalue weighted by Gasteiger charge is 2.05. The summed E-state index contributed by atoms with van der Waals surface area (Å²) >= 11 is 0. The van der Waals surface area contributed by atoms with Crippen molar-refractivity contribution in [2.45, 2.75) is 52.2 Å². The quantitative estimate of drug-likeness (QED) is 0.639. The number of ether oxygens (including phenoxy) is 1. The van der Waals surface area contributed by atoms with Crippen molar-refractivity contribution in [3.05, 3.63) is 0 Å². The Morgan fingerprint density at radius 1 is 1.40 bits per heavy atom. The zero-order valence-corrected chi connectivity index (χ0v) is 9.95. The number of amides is 1. The molecule has 0 aromatic rings. The third kappa shape index (κ3) is 8.39. The third-order valence-corrected chi connectivity index (χ3v) is 2.34. The van der Waals surface area contributed by atoms with Crippen LogP contribution < -0.4 is 5.32 Å². The van der Waals surface area contributed by atoms with Crippen LogP contribution in [0.3, 0.4) is 0 Å². The van der Waals surface area contributed by atoms with Crippen LogP contribution in [-0.2, 0) is 9.53 Å². The number of hydrogen-bond acceptors (Lipinski definition) is 3. The van der Waals surface area contributed by atoms with Crippen LogP contribution in [0.5, 0.6) is 0 Å². The van der Waals surface area contributed by atoms with Gasteiger partial charge in [0.15, 0.2) is 0 Å². The molecule has 2 unspecified atom stereocenters. The van der Waals surface area contributed by atoms with E-state index in [0.717, 1.165) is 12.8 Å². The highest BCUT2D eigenvalue weighted by atomic mass is 16.5. The Morgan fingerprint density at radius 3 is 2.60 bits per heavy atom. The van der Waals surface area contributed by atoms with Crippen molar-refractivity contribution < 1.29 is 14.6 Å². The van der Waals surface area contributed by atoms with Crippen molar-refractivity contribution in [2.75, 3.05) is 13.2 Å². The van der Waals surface area contributed by atoms with Crippen molar-refractivity contribution >= 4 is 5.91 Å². The molecule has 1 amide bonds. The number of carbonyl (C=O) groups excluding carboxylic acids is 1. The first-order chi connectivity index (χ1) is 7.10. The Labute approximate surface area is 92.0 Å². The molecule has 15 heavy (non-hydrogen) atoms. The monoisotopic (exact) mass is 217 g/mol. The van der Waals surface area contributed by atoms with E-state index < -0.39 is 0 Å². The predicted molar refractivity (Wildman–Crippen MR) is 59.6 cm³/mol. The second kappa shape index (κ2) is 8.68. The molecule has 0 heterocycles. The second-order valence-corrected chi connectivity index (χ2v) is 3.73. The lowest BCUT2D eigenvalue weighted by Gasteiger charge is -2.11. The molecule has 0 rings (SSSR count). The molecule has 0 fully saturated rings. The van der Waals surface area contributed by atoms with Crippen LogP contribution in [0.4, 0.5) is 0 Å². The first-order valence-corrected chi connectivity index (χ1v) is 5.66. The smallest absolute Gasteiger partial charge is 0.246 e. The molecule has 4 nitrogen and oxygen atoms in total. The van der Waals surface area contributed by atoms with Gasteiger partial charge in [-0.3, -0.25) is 4.79 Å². The van der Waals surface area contributed by atoms with Crippen molar-refractivity contribution in [1.82, 2.24) is 5.32 Å². The third-order valence-electron chi connectivity index (χ3n) is 2.34. The van der Waals surface area contributed by atoms with E-state index in [2.05, 4.69) is 5.32 Å². The summed E-state index contributed by atoms with van der Waals surface area (Å²) < 4.78 is 5.26. The SMILES string of the molecule is CCC(O)CCNC(=O)COC(C)CC. The summed E-state index contributed by atoms with van der Waals surface area (Å²) in [5.41, 5.74) is 0. The van der Waals surface area contributed by atoms with Crippen molar-refractivity contribution in [3.63, 3.8) is 0 Å². The minimum atomic E-state index is -0.319. The Kier molecular flexibility index (Phi) is 8.33. The van der Waals surface area contributed by atoms with Crippen LogP contribution in [-0.4, -0.2) is 36.4 Å². The topological polar surface area (TPSA) is 58.6 Å². The zero-order valence-electron chi connectivity index (χ0n) is 9.95. The van der Waals surface area contributed by atoms with Gasteiger partial charge in [0.1, 0.15) is 6.61 Å². The first-order valence-electron chi connectivity index (χ1n) is 5.66. The minimum absolute atomic E-state index is 0.108. The van der Waals surface area contributed by atoms with Crippen LogP contribution in [0.15, 0.2) is 0 Å². The number of hydrogen-bond donors (Lipinski definition) is 2. The molecule has 0 aromatic heterocycles. The Hall–Kier alpha value is -0.610. The van der Waals surface area contributed by atoms with Crippen molar-refractivity contribution in [3.8, 4) is 0 Å². The summed E-state index contributed by atoms with van der Waals surface area (Å²) in [5.74, 6) is -0.112. The molecule has 4 heteroatoms. The zero-order chi connectivity index (χ0) is 11.7. The highest BCUT2D eigenvalue weighted by molar-refractivity contribution is 5.77. The van der Waals surface area contributed by atoms with Gasteiger partial charge in [-0.2, -0.15) is 0 Å². The molecule has 2 N–H and O–H groups in total. The molecular formula is C11H23NO3. The van der Waals surface area contributed by atoms with Crippen molar-refractivity contribution in [1.29, 1.82) is 0 Å². The van der Waals surface area contributed by atoms with Gasteiger partial charge in [-0.1, -0.05) is 13.8 Å². The molecule has 0 aliphatic rings. The largest absolute Gasteiger partial charge is 0.393 e. The summed E-state index contributed by atoms with van der Waals surface area (Å²) in [4.78, 5) is 11.2. The normalized spacial score (nSPS) is 14.7. The molecule has 2 atom stereocenters. The van der Waals surface area contributed by atoms with E-state index in [1.165, 1.54) is 0 Å². The molecule has 0 saturated carbocycles. The summed E-state index contributed by atoms with van der Waals surface area (Å²) in [6.45, 7) is 6.49. The number of nitrogens with one attached hydrogen (secondary N) is 1. The second-order valence-electron chi connectivity index (χ2n) is 3.73. The van der Waals surface area contributed by atoms with Crippen LogP contribution in [0.1, 0.15) is 40.0 Å². The molecule has 0 bridgehead atoms. The van der Waals surface area contributed by atoms with Gasteiger partial charge in [0, 0.05) is 6.54 Å². The molecular weight excluding hydrogens is 194 g/mol. The van der Waals surface area contributed by atoms with E-state index in [0.29, 0.717) is 13.0 Å². The lowest BCUT2D eigenvalue weighted by Crippen LogP contribution is -2.31.